The van der Waals surface area contributed by atoms with Crippen molar-refractivity contribution in [3.8, 4) is 0 Å². The zero-order valence-electron chi connectivity index (χ0n) is 5.80. The highest BCUT2D eigenvalue weighted by molar-refractivity contribution is 14.1. The van der Waals surface area contributed by atoms with Crippen molar-refractivity contribution < 1.29 is 13.6 Å². The van der Waals surface area contributed by atoms with E-state index in [0.717, 1.165) is 0 Å². The van der Waals surface area contributed by atoms with Crippen molar-refractivity contribution in [1.82, 2.24) is 4.98 Å². The molecule has 1 aromatic heterocycles. The van der Waals surface area contributed by atoms with Gasteiger partial charge in [-0.25, -0.2) is 13.8 Å². The second kappa shape index (κ2) is 3.88. The Morgan fingerprint density at radius 3 is 2.67 bits per heavy atom. The number of pyridine rings is 1. The fourth-order valence-electron chi connectivity index (χ4n) is 0.692. The third-order valence-electron chi connectivity index (χ3n) is 1.22. The number of hydrogen-bond donors (Lipinski definition) is 0. The molecular formula is C7H4F2INO. The van der Waals surface area contributed by atoms with E-state index in [2.05, 4.69) is 4.98 Å². The highest BCUT2D eigenvalue weighted by Gasteiger charge is 2.13. The van der Waals surface area contributed by atoms with Gasteiger partial charge in [-0.05, 0) is 34.7 Å². The molecule has 0 bridgehead atoms. The molecule has 0 aromatic carbocycles. The van der Waals surface area contributed by atoms with Crippen molar-refractivity contribution in [2.45, 2.75) is 6.43 Å². The first-order chi connectivity index (χ1) is 5.65. The first-order valence-electron chi connectivity index (χ1n) is 3.05. The maximum absolute atomic E-state index is 12.2. The molecular weight excluding hydrogens is 279 g/mol. The van der Waals surface area contributed by atoms with Crippen molar-refractivity contribution in [3.63, 3.8) is 0 Å². The first-order valence-corrected chi connectivity index (χ1v) is 4.13. The average molecular weight is 283 g/mol. The summed E-state index contributed by atoms with van der Waals surface area (Å²) >= 11 is 1.75. The molecule has 0 amide bonds. The molecule has 0 N–H and O–H groups in total. The number of aromatic nitrogens is 1. The summed E-state index contributed by atoms with van der Waals surface area (Å²) in [5, 5.41) is 0. The first kappa shape index (κ1) is 9.50. The summed E-state index contributed by atoms with van der Waals surface area (Å²) in [6, 6.07) is 2.85. The summed E-state index contributed by atoms with van der Waals surface area (Å²) in [6.07, 6.45) is -2.18. The summed E-state index contributed by atoms with van der Waals surface area (Å²) in [6.45, 7) is 0. The van der Waals surface area contributed by atoms with Gasteiger partial charge in [-0.15, -0.1) is 0 Å². The van der Waals surface area contributed by atoms with Gasteiger partial charge in [0.1, 0.15) is 11.4 Å². The Balaban J connectivity index is 3.16. The van der Waals surface area contributed by atoms with E-state index < -0.39 is 6.43 Å². The van der Waals surface area contributed by atoms with E-state index >= 15 is 0 Å². The number of nitrogens with zero attached hydrogens (tertiary/aromatic N) is 1. The molecule has 0 unspecified atom stereocenters. The van der Waals surface area contributed by atoms with Crippen LogP contribution in [0, 0.1) is 3.57 Å². The summed E-state index contributed by atoms with van der Waals surface area (Å²) in [4.78, 5) is 13.6. The van der Waals surface area contributed by atoms with Gasteiger partial charge in [0.15, 0.2) is 6.29 Å². The van der Waals surface area contributed by atoms with Crippen LogP contribution in [0.5, 0.6) is 0 Å². The van der Waals surface area contributed by atoms with Gasteiger partial charge in [0.05, 0.1) is 0 Å². The number of halogens is 3. The van der Waals surface area contributed by atoms with Crippen molar-refractivity contribution in [2.24, 2.45) is 0 Å². The molecule has 1 rings (SSSR count). The maximum atomic E-state index is 12.2. The Labute approximate surface area is 81.1 Å². The lowest BCUT2D eigenvalue weighted by molar-refractivity contribution is 0.111. The van der Waals surface area contributed by atoms with Crippen LogP contribution in [0.3, 0.4) is 0 Å². The third kappa shape index (κ3) is 1.96. The molecule has 64 valence electrons. The van der Waals surface area contributed by atoms with Gasteiger partial charge in [-0.3, -0.25) is 4.79 Å². The minimum atomic E-state index is -2.63. The van der Waals surface area contributed by atoms with E-state index in [0.29, 0.717) is 9.86 Å². The number of carbonyl (C=O) groups is 1. The minimum absolute atomic E-state index is 0.0331. The van der Waals surface area contributed by atoms with E-state index in [1.54, 1.807) is 22.6 Å². The normalized spacial score (nSPS) is 10.3. The number of rotatable bonds is 2. The smallest absolute Gasteiger partial charge is 0.281 e. The molecule has 5 heteroatoms. The van der Waals surface area contributed by atoms with Gasteiger partial charge in [0.25, 0.3) is 6.43 Å². The third-order valence-corrected chi connectivity index (χ3v) is 2.13. The Morgan fingerprint density at radius 1 is 1.50 bits per heavy atom. The Kier molecular flexibility index (Phi) is 3.07. The number of hydrogen-bond acceptors (Lipinski definition) is 2. The average Bonchev–Trinajstić information content (AvgIpc) is 2.05. The Hall–Kier alpha value is -0.590. The van der Waals surface area contributed by atoms with Crippen molar-refractivity contribution in [3.05, 3.63) is 27.1 Å². The highest BCUT2D eigenvalue weighted by Crippen LogP contribution is 2.21. The molecule has 2 nitrogen and oxygen atoms in total. The lowest BCUT2D eigenvalue weighted by atomic mass is 10.3. The zero-order chi connectivity index (χ0) is 9.14. The largest absolute Gasteiger partial charge is 0.296 e. The van der Waals surface area contributed by atoms with E-state index in [4.69, 9.17) is 0 Å². The molecule has 0 fully saturated rings. The van der Waals surface area contributed by atoms with Crippen LogP contribution in [-0.2, 0) is 0 Å². The van der Waals surface area contributed by atoms with Gasteiger partial charge >= 0.3 is 0 Å². The molecule has 1 heterocycles. The molecule has 0 saturated carbocycles. The van der Waals surface area contributed by atoms with Crippen LogP contribution in [0.25, 0.3) is 0 Å². The van der Waals surface area contributed by atoms with Crippen LogP contribution in [0.15, 0.2) is 12.1 Å². The zero-order valence-corrected chi connectivity index (χ0v) is 7.96. The van der Waals surface area contributed by atoms with Gasteiger partial charge in [0.2, 0.25) is 0 Å². The van der Waals surface area contributed by atoms with Crippen LogP contribution in [0.2, 0.25) is 0 Å². The fraction of sp³-hybridized carbons (Fsp3) is 0.143. The van der Waals surface area contributed by atoms with Crippen LogP contribution < -0.4 is 0 Å². The Morgan fingerprint density at radius 2 is 2.17 bits per heavy atom. The van der Waals surface area contributed by atoms with Crippen molar-refractivity contribution in [2.75, 3.05) is 0 Å². The van der Waals surface area contributed by atoms with Crippen LogP contribution in [0.1, 0.15) is 22.6 Å². The molecule has 0 saturated heterocycles. The van der Waals surface area contributed by atoms with Crippen molar-refractivity contribution in [1.29, 1.82) is 0 Å². The minimum Gasteiger partial charge on any atom is -0.296 e. The number of carbonyl (C=O) groups excluding carboxylic acids is 1. The van der Waals surface area contributed by atoms with Crippen molar-refractivity contribution >= 4 is 28.9 Å². The highest BCUT2D eigenvalue weighted by atomic mass is 127. The van der Waals surface area contributed by atoms with E-state index in [1.807, 2.05) is 0 Å². The summed E-state index contributed by atoms with van der Waals surface area (Å²) < 4.78 is 24.7. The van der Waals surface area contributed by atoms with Gasteiger partial charge in [0, 0.05) is 3.57 Å². The predicted molar refractivity (Wildman–Crippen MR) is 47.3 cm³/mol. The molecule has 1 aromatic rings. The molecule has 12 heavy (non-hydrogen) atoms. The standard InChI is InChI=1S/C7H4F2INO/c8-7(9)6-5(10)2-1-4(3-12)11-6/h1-3,7H. The van der Waals surface area contributed by atoms with Gasteiger partial charge in [-0.2, -0.15) is 0 Å². The molecule has 0 aliphatic carbocycles. The van der Waals surface area contributed by atoms with Crippen LogP contribution in [0.4, 0.5) is 8.78 Å². The Bertz CT molecular complexity index is 303. The monoisotopic (exact) mass is 283 g/mol. The summed E-state index contributed by atoms with van der Waals surface area (Å²) in [7, 11) is 0. The van der Waals surface area contributed by atoms with Gasteiger partial charge in [-0.1, -0.05) is 0 Å². The molecule has 0 spiro atoms. The second-order valence-corrected chi connectivity index (χ2v) is 3.18. The van der Waals surface area contributed by atoms with E-state index in [1.165, 1.54) is 12.1 Å². The SMILES string of the molecule is O=Cc1ccc(I)c(C(F)F)n1. The summed E-state index contributed by atoms with van der Waals surface area (Å²) in [5.41, 5.74) is -0.300. The lowest BCUT2D eigenvalue weighted by Gasteiger charge is -2.01. The fourth-order valence-corrected chi connectivity index (χ4v) is 1.23. The maximum Gasteiger partial charge on any atom is 0.281 e. The van der Waals surface area contributed by atoms with Crippen LogP contribution >= 0.6 is 22.6 Å². The van der Waals surface area contributed by atoms with E-state index in [9.17, 15) is 13.6 Å². The predicted octanol–water partition coefficient (Wildman–Crippen LogP) is 2.44. The molecule has 0 aliphatic rings. The molecule has 0 atom stereocenters. The molecule has 0 radical (unpaired) electrons. The van der Waals surface area contributed by atoms with Gasteiger partial charge < -0.3 is 0 Å². The molecule has 0 aliphatic heterocycles. The van der Waals surface area contributed by atoms with Crippen LogP contribution in [-0.4, -0.2) is 11.3 Å². The second-order valence-electron chi connectivity index (χ2n) is 2.02. The van der Waals surface area contributed by atoms with E-state index in [-0.39, 0.29) is 11.4 Å². The number of aldehydes is 1. The summed E-state index contributed by atoms with van der Waals surface area (Å²) in [5.74, 6) is 0. The topological polar surface area (TPSA) is 30.0 Å². The lowest BCUT2D eigenvalue weighted by Crippen LogP contribution is -1.97. The number of alkyl halides is 2. The quantitative estimate of drug-likeness (QED) is 0.616.